The van der Waals surface area contributed by atoms with Crippen molar-refractivity contribution in [2.75, 3.05) is 39.3 Å². The molecule has 2 fully saturated rings. The maximum absolute atomic E-state index is 12.3. The van der Waals surface area contributed by atoms with Gasteiger partial charge in [0, 0.05) is 38.3 Å². The van der Waals surface area contributed by atoms with Gasteiger partial charge in [0.1, 0.15) is 5.75 Å². The fraction of sp³-hybridized carbons (Fsp3) is 0.650. The highest BCUT2D eigenvalue weighted by Crippen LogP contribution is 2.40. The van der Waals surface area contributed by atoms with Crippen molar-refractivity contribution in [2.45, 2.75) is 33.1 Å². The summed E-state index contributed by atoms with van der Waals surface area (Å²) < 4.78 is 5.83. The highest BCUT2D eigenvalue weighted by Gasteiger charge is 2.38. The first-order valence-electron chi connectivity index (χ1n) is 9.45. The van der Waals surface area contributed by atoms with E-state index in [-0.39, 0.29) is 5.91 Å². The molecule has 2 atom stereocenters. The average Bonchev–Trinajstić information content (AvgIpc) is 2.88. The lowest BCUT2D eigenvalue weighted by Gasteiger charge is -2.28. The number of rotatable bonds is 8. The Balaban J connectivity index is 1.39. The molecule has 1 heterocycles. The molecule has 1 amide bonds. The van der Waals surface area contributed by atoms with E-state index in [4.69, 9.17) is 4.74 Å². The van der Waals surface area contributed by atoms with Crippen LogP contribution in [0.5, 0.6) is 5.75 Å². The number of likely N-dealkylation sites (tertiary alicyclic amines) is 1. The number of ether oxygens (including phenoxy) is 1. The first kappa shape index (κ1) is 17.3. The lowest BCUT2D eigenvalue weighted by Crippen LogP contribution is -2.30. The van der Waals surface area contributed by atoms with E-state index in [1.807, 2.05) is 43.0 Å². The van der Waals surface area contributed by atoms with Crippen molar-refractivity contribution >= 4 is 5.91 Å². The Bertz CT molecular complexity index is 527. The van der Waals surface area contributed by atoms with Crippen molar-refractivity contribution < 1.29 is 9.53 Å². The predicted molar refractivity (Wildman–Crippen MR) is 96.5 cm³/mol. The predicted octanol–water partition coefficient (Wildman–Crippen LogP) is 3.28. The number of nitrogens with zero attached hydrogens (tertiary/aromatic N) is 2. The smallest absolute Gasteiger partial charge is 0.253 e. The molecular weight excluding hydrogens is 300 g/mol. The third kappa shape index (κ3) is 3.92. The van der Waals surface area contributed by atoms with Gasteiger partial charge in [0.05, 0.1) is 6.61 Å². The molecule has 0 N–H and O–H groups in total. The largest absolute Gasteiger partial charge is 0.494 e. The quantitative estimate of drug-likeness (QED) is 0.686. The second kappa shape index (κ2) is 8.02. The highest BCUT2D eigenvalue weighted by molar-refractivity contribution is 5.94. The zero-order chi connectivity index (χ0) is 16.9. The summed E-state index contributed by atoms with van der Waals surface area (Å²) in [4.78, 5) is 16.7. The number of carbonyl (C=O) groups excluding carboxylic acids is 1. The second-order valence-electron chi connectivity index (χ2n) is 7.06. The average molecular weight is 330 g/mol. The molecule has 0 spiro atoms. The van der Waals surface area contributed by atoms with Gasteiger partial charge in [-0.25, -0.2) is 0 Å². The molecule has 0 radical (unpaired) electrons. The van der Waals surface area contributed by atoms with Crippen molar-refractivity contribution in [3.8, 4) is 5.75 Å². The van der Waals surface area contributed by atoms with Gasteiger partial charge >= 0.3 is 0 Å². The molecule has 1 saturated carbocycles. The molecule has 1 aromatic rings. The molecule has 4 nitrogen and oxygen atoms in total. The molecule has 4 heteroatoms. The number of hydrogen-bond donors (Lipinski definition) is 0. The summed E-state index contributed by atoms with van der Waals surface area (Å²) in [6, 6.07) is 7.56. The fourth-order valence-electron chi connectivity index (χ4n) is 3.90. The third-order valence-corrected chi connectivity index (χ3v) is 5.60. The number of amides is 1. The number of fused-ring (bicyclic) bond motifs is 1. The Kier molecular flexibility index (Phi) is 5.77. The van der Waals surface area contributed by atoms with Crippen LogP contribution in [0.25, 0.3) is 0 Å². The summed E-state index contributed by atoms with van der Waals surface area (Å²) in [5.74, 6) is 2.92. The van der Waals surface area contributed by atoms with Crippen molar-refractivity contribution in [3.63, 3.8) is 0 Å². The van der Waals surface area contributed by atoms with E-state index in [0.29, 0.717) is 0 Å². The van der Waals surface area contributed by atoms with Crippen LogP contribution >= 0.6 is 0 Å². The molecule has 2 aliphatic rings. The van der Waals surface area contributed by atoms with Gasteiger partial charge < -0.3 is 14.5 Å². The van der Waals surface area contributed by atoms with Crippen LogP contribution in [0.2, 0.25) is 0 Å². The zero-order valence-corrected chi connectivity index (χ0v) is 15.0. The van der Waals surface area contributed by atoms with Gasteiger partial charge in [-0.3, -0.25) is 4.79 Å². The Labute approximate surface area is 145 Å². The second-order valence-corrected chi connectivity index (χ2v) is 7.06. The van der Waals surface area contributed by atoms with Gasteiger partial charge in [0.15, 0.2) is 0 Å². The van der Waals surface area contributed by atoms with E-state index in [1.54, 1.807) is 0 Å². The minimum absolute atomic E-state index is 0.0928. The number of hydrogen-bond acceptors (Lipinski definition) is 3. The standard InChI is InChI=1S/C20H30N2O2/c1-3-22(4-2)20(23)16-8-10-19(11-9-16)24-13-5-12-21-14-17-6-7-18(17)15-21/h8-11,17-18H,3-7,12-15H2,1-2H3/t17-,18+. The topological polar surface area (TPSA) is 32.8 Å². The monoisotopic (exact) mass is 330 g/mol. The van der Waals surface area contributed by atoms with Gasteiger partial charge in [-0.1, -0.05) is 0 Å². The zero-order valence-electron chi connectivity index (χ0n) is 15.0. The van der Waals surface area contributed by atoms with Crippen molar-refractivity contribution in [2.24, 2.45) is 11.8 Å². The summed E-state index contributed by atoms with van der Waals surface area (Å²) in [6.07, 6.45) is 3.95. The molecule has 3 rings (SSSR count). The van der Waals surface area contributed by atoms with Gasteiger partial charge in [-0.15, -0.1) is 0 Å². The minimum Gasteiger partial charge on any atom is -0.494 e. The molecule has 132 valence electrons. The van der Waals surface area contributed by atoms with Crippen LogP contribution < -0.4 is 4.74 Å². The van der Waals surface area contributed by atoms with Crippen LogP contribution in [-0.4, -0.2) is 55.0 Å². The molecule has 1 aliphatic carbocycles. The van der Waals surface area contributed by atoms with Crippen LogP contribution in [0, 0.1) is 11.8 Å². The molecule has 24 heavy (non-hydrogen) atoms. The number of carbonyl (C=O) groups is 1. The van der Waals surface area contributed by atoms with E-state index in [0.717, 1.165) is 55.8 Å². The molecular formula is C20H30N2O2. The van der Waals surface area contributed by atoms with Crippen LogP contribution in [-0.2, 0) is 0 Å². The van der Waals surface area contributed by atoms with Crippen molar-refractivity contribution in [3.05, 3.63) is 29.8 Å². The lowest BCUT2D eigenvalue weighted by molar-refractivity contribution is 0.0773. The van der Waals surface area contributed by atoms with E-state index in [1.165, 1.54) is 25.9 Å². The minimum atomic E-state index is 0.0928. The first-order chi connectivity index (χ1) is 11.7. The van der Waals surface area contributed by atoms with E-state index in [9.17, 15) is 4.79 Å². The van der Waals surface area contributed by atoms with Gasteiger partial charge in [0.2, 0.25) is 0 Å². The summed E-state index contributed by atoms with van der Waals surface area (Å²) in [5.41, 5.74) is 0.735. The van der Waals surface area contributed by atoms with Crippen LogP contribution in [0.3, 0.4) is 0 Å². The Hall–Kier alpha value is -1.55. The molecule has 0 aromatic heterocycles. The summed E-state index contributed by atoms with van der Waals surface area (Å²) in [6.45, 7) is 9.98. The van der Waals surface area contributed by atoms with E-state index in [2.05, 4.69) is 4.90 Å². The number of benzene rings is 1. The lowest BCUT2D eigenvalue weighted by atomic mass is 9.77. The Morgan fingerprint density at radius 1 is 1.12 bits per heavy atom. The molecule has 0 bridgehead atoms. The highest BCUT2D eigenvalue weighted by atomic mass is 16.5. The molecule has 1 aromatic carbocycles. The maximum atomic E-state index is 12.3. The van der Waals surface area contributed by atoms with Gasteiger partial charge in [-0.2, -0.15) is 0 Å². The van der Waals surface area contributed by atoms with Crippen molar-refractivity contribution in [1.29, 1.82) is 0 Å². The first-order valence-corrected chi connectivity index (χ1v) is 9.45. The molecule has 0 unspecified atom stereocenters. The summed E-state index contributed by atoms with van der Waals surface area (Å²) in [5, 5.41) is 0. The van der Waals surface area contributed by atoms with Gasteiger partial charge in [0.25, 0.3) is 5.91 Å². The summed E-state index contributed by atoms with van der Waals surface area (Å²) in [7, 11) is 0. The van der Waals surface area contributed by atoms with Gasteiger partial charge in [-0.05, 0) is 69.2 Å². The molecule has 1 saturated heterocycles. The molecule has 1 aliphatic heterocycles. The summed E-state index contributed by atoms with van der Waals surface area (Å²) >= 11 is 0. The van der Waals surface area contributed by atoms with E-state index < -0.39 is 0 Å². The maximum Gasteiger partial charge on any atom is 0.253 e. The fourth-order valence-corrected chi connectivity index (χ4v) is 3.90. The Morgan fingerprint density at radius 3 is 2.29 bits per heavy atom. The van der Waals surface area contributed by atoms with E-state index >= 15 is 0 Å². The van der Waals surface area contributed by atoms with Crippen LogP contribution in [0.4, 0.5) is 0 Å². The SMILES string of the molecule is CCN(CC)C(=O)c1ccc(OCCCN2C[C@H]3CC[C@H]3C2)cc1. The van der Waals surface area contributed by atoms with Crippen LogP contribution in [0.15, 0.2) is 24.3 Å². The third-order valence-electron chi connectivity index (χ3n) is 5.60. The van der Waals surface area contributed by atoms with Crippen molar-refractivity contribution in [1.82, 2.24) is 9.80 Å². The van der Waals surface area contributed by atoms with Crippen LogP contribution in [0.1, 0.15) is 43.5 Å². The Morgan fingerprint density at radius 2 is 1.75 bits per heavy atom. The normalized spacial score (nSPS) is 22.8.